The van der Waals surface area contributed by atoms with Crippen LogP contribution in [-0.2, 0) is 0 Å². The lowest BCUT2D eigenvalue weighted by atomic mass is 9.85. The van der Waals surface area contributed by atoms with Crippen molar-refractivity contribution in [3.05, 3.63) is 205 Å². The molecular formula is C50H34N6. The van der Waals surface area contributed by atoms with Crippen molar-refractivity contribution in [1.29, 1.82) is 0 Å². The van der Waals surface area contributed by atoms with Gasteiger partial charge in [-0.2, -0.15) is 0 Å². The summed E-state index contributed by atoms with van der Waals surface area (Å²) >= 11 is 0. The number of anilines is 2. The first-order valence-electron chi connectivity index (χ1n) is 19.0. The Balaban J connectivity index is 1.20. The van der Waals surface area contributed by atoms with E-state index in [1.165, 1.54) is 11.3 Å². The molecule has 5 aromatic carbocycles. The molecule has 0 fully saturated rings. The highest BCUT2D eigenvalue weighted by Gasteiger charge is 2.45. The van der Waals surface area contributed by atoms with Crippen molar-refractivity contribution < 1.29 is 0 Å². The summed E-state index contributed by atoms with van der Waals surface area (Å²) in [5.41, 5.74) is 14.8. The van der Waals surface area contributed by atoms with E-state index in [-0.39, 0.29) is 12.0 Å². The third-order valence-corrected chi connectivity index (χ3v) is 11.1. The molecule has 0 saturated carbocycles. The molecule has 9 aromatic rings. The maximum atomic E-state index is 5.41. The van der Waals surface area contributed by atoms with Gasteiger partial charge in [0.05, 0.1) is 40.0 Å². The number of rotatable bonds is 6. The highest BCUT2D eigenvalue weighted by atomic mass is 15.3. The lowest BCUT2D eigenvalue weighted by molar-refractivity contribution is 0.631. The molecule has 0 spiro atoms. The monoisotopic (exact) mass is 718 g/mol. The number of aromatic nitrogens is 5. The zero-order valence-corrected chi connectivity index (χ0v) is 30.3. The van der Waals surface area contributed by atoms with Crippen LogP contribution in [0.2, 0.25) is 0 Å². The first kappa shape index (κ1) is 32.0. The predicted molar refractivity (Wildman–Crippen MR) is 226 cm³/mol. The Labute approximate surface area is 324 Å². The van der Waals surface area contributed by atoms with Crippen molar-refractivity contribution >= 4 is 28.4 Å². The van der Waals surface area contributed by atoms with Gasteiger partial charge < -0.3 is 4.90 Å². The van der Waals surface area contributed by atoms with Crippen LogP contribution in [0.25, 0.3) is 68.0 Å². The van der Waals surface area contributed by atoms with Crippen molar-refractivity contribution in [2.75, 3.05) is 4.90 Å². The molecule has 0 N–H and O–H groups in total. The summed E-state index contributed by atoms with van der Waals surface area (Å²) in [5, 5.41) is 1.13. The van der Waals surface area contributed by atoms with Gasteiger partial charge in [-0.15, -0.1) is 0 Å². The molecular weight excluding hydrogens is 685 g/mol. The van der Waals surface area contributed by atoms with E-state index in [2.05, 4.69) is 155 Å². The van der Waals surface area contributed by atoms with Gasteiger partial charge in [0.15, 0.2) is 0 Å². The van der Waals surface area contributed by atoms with Crippen LogP contribution in [0.5, 0.6) is 0 Å². The molecule has 2 unspecified atom stereocenters. The summed E-state index contributed by atoms with van der Waals surface area (Å²) in [6.45, 7) is 0. The molecule has 2 aliphatic rings. The molecule has 6 heteroatoms. The third kappa shape index (κ3) is 5.26. The predicted octanol–water partition coefficient (Wildman–Crippen LogP) is 11.9. The Morgan fingerprint density at radius 1 is 0.482 bits per heavy atom. The second-order valence-corrected chi connectivity index (χ2v) is 14.3. The smallest absolute Gasteiger partial charge is 0.235 e. The highest BCUT2D eigenvalue weighted by molar-refractivity contribution is 5.97. The fourth-order valence-electron chi connectivity index (χ4n) is 8.56. The van der Waals surface area contributed by atoms with Gasteiger partial charge in [-0.05, 0) is 72.3 Å². The zero-order valence-electron chi connectivity index (χ0n) is 30.3. The van der Waals surface area contributed by atoms with Crippen LogP contribution in [0, 0.1) is 0 Å². The van der Waals surface area contributed by atoms with Crippen molar-refractivity contribution in [1.82, 2.24) is 24.5 Å². The highest BCUT2D eigenvalue weighted by Crippen LogP contribution is 2.58. The van der Waals surface area contributed by atoms with E-state index in [1.54, 1.807) is 0 Å². The molecule has 0 radical (unpaired) electrons. The Hall–Kier alpha value is -7.44. The second kappa shape index (κ2) is 13.1. The average Bonchev–Trinajstić information content (AvgIpc) is 3.80. The molecule has 11 rings (SSSR count). The van der Waals surface area contributed by atoms with E-state index in [0.29, 0.717) is 5.95 Å². The van der Waals surface area contributed by atoms with Crippen LogP contribution in [0.1, 0.15) is 28.8 Å². The van der Waals surface area contributed by atoms with Crippen LogP contribution < -0.4 is 4.90 Å². The van der Waals surface area contributed by atoms with Gasteiger partial charge in [0.1, 0.15) is 0 Å². The molecule has 2 atom stereocenters. The molecule has 1 aliphatic heterocycles. The number of para-hydroxylation sites is 1. The van der Waals surface area contributed by atoms with Crippen LogP contribution in [0.4, 0.5) is 11.4 Å². The molecule has 4 aromatic heterocycles. The van der Waals surface area contributed by atoms with Gasteiger partial charge in [-0.3, -0.25) is 14.5 Å². The molecule has 1 aliphatic carbocycles. The minimum Gasteiger partial charge on any atom is -0.331 e. The fourth-order valence-corrected chi connectivity index (χ4v) is 8.56. The number of benzene rings is 5. The molecule has 264 valence electrons. The maximum Gasteiger partial charge on any atom is 0.235 e. The Bertz CT molecular complexity index is 2850. The van der Waals surface area contributed by atoms with Gasteiger partial charge in [-0.1, -0.05) is 115 Å². The van der Waals surface area contributed by atoms with E-state index in [1.807, 2.05) is 48.8 Å². The minimum atomic E-state index is -0.0961. The first-order chi connectivity index (χ1) is 27.8. The number of hydrogen-bond acceptors (Lipinski definition) is 5. The lowest BCUT2D eigenvalue weighted by Crippen LogP contribution is -2.26. The molecule has 6 nitrogen and oxygen atoms in total. The van der Waals surface area contributed by atoms with Crippen LogP contribution >= 0.6 is 0 Å². The zero-order chi connectivity index (χ0) is 37.0. The van der Waals surface area contributed by atoms with E-state index < -0.39 is 0 Å². The minimum absolute atomic E-state index is 0.0468. The Morgan fingerprint density at radius 2 is 1.07 bits per heavy atom. The average molecular weight is 719 g/mol. The SMILES string of the molecule is C1=CC2c3cc(-c4ccccn4)ccc3N(c3ccccc3)C2c2c1c1cc(-c3ccccn3)ccc1n2-c1nc(-c2ccccc2)cc(-c2ccccc2)n1. The van der Waals surface area contributed by atoms with E-state index in [4.69, 9.17) is 19.9 Å². The Morgan fingerprint density at radius 3 is 1.70 bits per heavy atom. The molecule has 5 heterocycles. The fraction of sp³-hybridized carbons (Fsp3) is 0.0400. The summed E-state index contributed by atoms with van der Waals surface area (Å²) in [7, 11) is 0. The van der Waals surface area contributed by atoms with Gasteiger partial charge in [-0.25, -0.2) is 9.97 Å². The Kier molecular flexibility index (Phi) is 7.52. The first-order valence-corrected chi connectivity index (χ1v) is 19.0. The summed E-state index contributed by atoms with van der Waals surface area (Å²) in [5.74, 6) is 0.680. The van der Waals surface area contributed by atoms with Crippen LogP contribution in [0.3, 0.4) is 0 Å². The third-order valence-electron chi connectivity index (χ3n) is 11.1. The van der Waals surface area contributed by atoms with Crippen molar-refractivity contribution in [2.24, 2.45) is 0 Å². The number of nitrogens with zero attached hydrogens (tertiary/aromatic N) is 6. The second-order valence-electron chi connectivity index (χ2n) is 14.3. The van der Waals surface area contributed by atoms with Crippen molar-refractivity contribution in [2.45, 2.75) is 12.0 Å². The van der Waals surface area contributed by atoms with E-state index in [9.17, 15) is 0 Å². The number of hydrogen-bond donors (Lipinski definition) is 0. The lowest BCUT2D eigenvalue weighted by Gasteiger charge is -2.33. The quantitative estimate of drug-likeness (QED) is 0.171. The molecule has 0 bridgehead atoms. The topological polar surface area (TPSA) is 59.7 Å². The van der Waals surface area contributed by atoms with Gasteiger partial charge in [0.2, 0.25) is 5.95 Å². The normalized spacial score (nSPS) is 15.4. The van der Waals surface area contributed by atoms with E-state index >= 15 is 0 Å². The van der Waals surface area contributed by atoms with Gasteiger partial charge >= 0.3 is 0 Å². The summed E-state index contributed by atoms with van der Waals surface area (Å²) < 4.78 is 2.33. The molecule has 0 amide bonds. The van der Waals surface area contributed by atoms with Crippen molar-refractivity contribution in [3.8, 4) is 51.0 Å². The molecule has 0 saturated heterocycles. The van der Waals surface area contributed by atoms with E-state index in [0.717, 1.165) is 72.9 Å². The summed E-state index contributed by atoms with van der Waals surface area (Å²) in [6.07, 6.45) is 8.43. The number of fused-ring (bicyclic) bond motifs is 7. The largest absolute Gasteiger partial charge is 0.331 e. The summed E-state index contributed by atoms with van der Waals surface area (Å²) in [4.78, 5) is 22.8. The van der Waals surface area contributed by atoms with Crippen LogP contribution in [0.15, 0.2) is 188 Å². The molecule has 56 heavy (non-hydrogen) atoms. The van der Waals surface area contributed by atoms with Gasteiger partial charge in [0, 0.05) is 62.9 Å². The number of pyridine rings is 2. The maximum absolute atomic E-state index is 5.41. The van der Waals surface area contributed by atoms with Crippen molar-refractivity contribution in [3.63, 3.8) is 0 Å². The summed E-state index contributed by atoms with van der Waals surface area (Å²) in [6, 6.07) is 59.2. The standard InChI is InChI=1S/C50H34N6/c1-4-14-33(15-5-1)44-32-45(34-16-6-2-7-17-34)54-50(53-44)56-47-27-23-36(43-21-11-13-29-52-43)31-41(47)39-25-24-38-40-30-35(42-20-10-12-28-51-42)22-26-46(40)55(48(38)49(39)56)37-18-8-3-9-19-37/h1-32,38,48H. The van der Waals surface area contributed by atoms with Gasteiger partial charge in [0.25, 0.3) is 0 Å². The van der Waals surface area contributed by atoms with Crippen LogP contribution in [-0.4, -0.2) is 24.5 Å².